The zero-order chi connectivity index (χ0) is 16.3. The monoisotopic (exact) mass is 301 g/mol. The summed E-state index contributed by atoms with van der Waals surface area (Å²) in [4.78, 5) is 11.3. The summed E-state index contributed by atoms with van der Waals surface area (Å²) in [7, 11) is 0. The summed E-state index contributed by atoms with van der Waals surface area (Å²) < 4.78 is 27.3. The number of rotatable bonds is 4. The highest BCUT2D eigenvalue weighted by Gasteiger charge is 2.18. The summed E-state index contributed by atoms with van der Waals surface area (Å²) >= 11 is 0. The molecule has 0 saturated heterocycles. The third-order valence-corrected chi connectivity index (χ3v) is 3.07. The van der Waals surface area contributed by atoms with Crippen LogP contribution < -0.4 is 11.5 Å². The Kier molecular flexibility index (Phi) is 4.31. The minimum Gasteiger partial charge on any atom is -0.396 e. The van der Waals surface area contributed by atoms with Gasteiger partial charge < -0.3 is 11.5 Å². The van der Waals surface area contributed by atoms with E-state index in [-0.39, 0.29) is 22.4 Å². The van der Waals surface area contributed by atoms with E-state index in [0.717, 1.165) is 12.1 Å². The first-order valence-electron chi connectivity index (χ1n) is 6.31. The molecule has 4 nitrogen and oxygen atoms in total. The zero-order valence-corrected chi connectivity index (χ0v) is 11.4. The molecule has 0 aromatic heterocycles. The predicted molar refractivity (Wildman–Crippen MR) is 80.4 cm³/mol. The molecule has 0 fully saturated rings. The van der Waals surface area contributed by atoms with Crippen molar-refractivity contribution >= 4 is 17.3 Å². The lowest BCUT2D eigenvalue weighted by Gasteiger charge is -2.09. The van der Waals surface area contributed by atoms with Crippen molar-refractivity contribution in [2.24, 2.45) is 11.5 Å². The van der Waals surface area contributed by atoms with Crippen LogP contribution in [0, 0.1) is 11.2 Å². The van der Waals surface area contributed by atoms with Gasteiger partial charge in [-0.2, -0.15) is 0 Å². The normalized spacial score (nSPS) is 11.7. The first-order valence-corrected chi connectivity index (χ1v) is 6.31. The topological polar surface area (TPSA) is 93.0 Å². The molecule has 0 aliphatic heterocycles. The Bertz CT molecular complexity index is 767. The van der Waals surface area contributed by atoms with E-state index < -0.39 is 23.3 Å². The van der Waals surface area contributed by atoms with Gasteiger partial charge in [-0.25, -0.2) is 8.78 Å². The van der Waals surface area contributed by atoms with Gasteiger partial charge in [0.25, 0.3) is 0 Å². The zero-order valence-electron chi connectivity index (χ0n) is 11.4. The Labute approximate surface area is 125 Å². The fourth-order valence-corrected chi connectivity index (χ4v) is 1.93. The SMILES string of the molecule is N=C(/C(F)=C(\N)c1ccc(F)cc1)c1ccccc1C(N)=O. The Balaban J connectivity index is 2.46. The molecule has 2 aromatic rings. The standard InChI is InChI=1S/C16H13F2N3O/c17-10-7-5-9(6-8-10)14(19)13(18)15(20)11-3-1-2-4-12(11)16(21)22/h1-8,20H,19H2,(H2,21,22)/b14-13+,20-15?. The molecule has 0 radical (unpaired) electrons. The second-order valence-corrected chi connectivity index (χ2v) is 4.52. The van der Waals surface area contributed by atoms with Gasteiger partial charge in [-0.15, -0.1) is 0 Å². The smallest absolute Gasteiger partial charge is 0.249 e. The van der Waals surface area contributed by atoms with Crippen molar-refractivity contribution in [3.05, 3.63) is 76.9 Å². The first-order chi connectivity index (χ1) is 10.4. The molecular formula is C16H13F2N3O. The fourth-order valence-electron chi connectivity index (χ4n) is 1.93. The summed E-state index contributed by atoms with van der Waals surface area (Å²) in [5, 5.41) is 7.90. The second-order valence-electron chi connectivity index (χ2n) is 4.52. The van der Waals surface area contributed by atoms with Crippen LogP contribution in [0.5, 0.6) is 0 Å². The summed E-state index contributed by atoms with van der Waals surface area (Å²) in [5.74, 6) is -2.26. The molecule has 112 valence electrons. The molecule has 6 heteroatoms. The molecule has 5 N–H and O–H groups in total. The van der Waals surface area contributed by atoms with Crippen molar-refractivity contribution in [3.8, 4) is 0 Å². The van der Waals surface area contributed by atoms with Gasteiger partial charge in [-0.05, 0) is 30.3 Å². The third kappa shape index (κ3) is 3.01. The molecule has 2 aromatic carbocycles. The Morgan fingerprint density at radius 3 is 2.05 bits per heavy atom. The summed E-state index contributed by atoms with van der Waals surface area (Å²) in [5.41, 5.74) is 10.3. The molecule has 0 heterocycles. The number of carbonyl (C=O) groups is 1. The molecule has 0 aliphatic carbocycles. The Morgan fingerprint density at radius 1 is 0.955 bits per heavy atom. The van der Waals surface area contributed by atoms with Gasteiger partial charge in [0.05, 0.1) is 11.4 Å². The van der Waals surface area contributed by atoms with Crippen LogP contribution in [0.1, 0.15) is 21.5 Å². The molecule has 0 atom stereocenters. The molecular weight excluding hydrogens is 288 g/mol. The first kappa shape index (κ1) is 15.4. The second kappa shape index (κ2) is 6.17. The number of hydrogen-bond donors (Lipinski definition) is 3. The predicted octanol–water partition coefficient (Wildman–Crippen LogP) is 2.59. The molecule has 1 amide bonds. The van der Waals surface area contributed by atoms with Crippen LogP contribution in [0.2, 0.25) is 0 Å². The van der Waals surface area contributed by atoms with Gasteiger partial charge in [0, 0.05) is 16.7 Å². The van der Waals surface area contributed by atoms with Gasteiger partial charge in [0.15, 0.2) is 5.83 Å². The van der Waals surface area contributed by atoms with Crippen LogP contribution >= 0.6 is 0 Å². The number of nitrogens with one attached hydrogen (secondary N) is 1. The van der Waals surface area contributed by atoms with Crippen molar-refractivity contribution in [3.63, 3.8) is 0 Å². The van der Waals surface area contributed by atoms with Crippen molar-refractivity contribution < 1.29 is 13.6 Å². The molecule has 2 rings (SSSR count). The lowest BCUT2D eigenvalue weighted by atomic mass is 10.00. The van der Waals surface area contributed by atoms with E-state index in [1.807, 2.05) is 0 Å². The fraction of sp³-hybridized carbons (Fsp3) is 0. The number of amides is 1. The quantitative estimate of drug-likeness (QED) is 0.757. The summed E-state index contributed by atoms with van der Waals surface area (Å²) in [6, 6.07) is 10.8. The van der Waals surface area contributed by atoms with Gasteiger partial charge in [-0.3, -0.25) is 10.2 Å². The van der Waals surface area contributed by atoms with Crippen LogP contribution in [0.4, 0.5) is 8.78 Å². The van der Waals surface area contributed by atoms with E-state index in [4.69, 9.17) is 16.9 Å². The lowest BCUT2D eigenvalue weighted by molar-refractivity contribution is 0.1000. The van der Waals surface area contributed by atoms with E-state index in [0.29, 0.717) is 0 Å². The van der Waals surface area contributed by atoms with Gasteiger partial charge in [0.1, 0.15) is 5.82 Å². The van der Waals surface area contributed by atoms with Crippen LogP contribution in [-0.2, 0) is 0 Å². The van der Waals surface area contributed by atoms with Crippen molar-refractivity contribution in [2.45, 2.75) is 0 Å². The highest BCUT2D eigenvalue weighted by atomic mass is 19.1. The number of hydrogen-bond acceptors (Lipinski definition) is 3. The number of allylic oxidation sites excluding steroid dienone is 1. The van der Waals surface area contributed by atoms with Gasteiger partial charge in [-0.1, -0.05) is 18.2 Å². The van der Waals surface area contributed by atoms with Crippen molar-refractivity contribution in [2.75, 3.05) is 0 Å². The third-order valence-electron chi connectivity index (χ3n) is 3.07. The van der Waals surface area contributed by atoms with E-state index in [9.17, 15) is 13.6 Å². The molecule has 0 unspecified atom stereocenters. The maximum Gasteiger partial charge on any atom is 0.249 e. The lowest BCUT2D eigenvalue weighted by Crippen LogP contribution is -2.17. The van der Waals surface area contributed by atoms with Crippen molar-refractivity contribution in [1.29, 1.82) is 5.41 Å². The van der Waals surface area contributed by atoms with Crippen LogP contribution in [0.3, 0.4) is 0 Å². The molecule has 0 saturated carbocycles. The summed E-state index contributed by atoms with van der Waals surface area (Å²) in [6.45, 7) is 0. The van der Waals surface area contributed by atoms with E-state index in [1.165, 1.54) is 24.3 Å². The maximum absolute atomic E-state index is 14.4. The highest BCUT2D eigenvalue weighted by Crippen LogP contribution is 2.21. The van der Waals surface area contributed by atoms with E-state index in [1.54, 1.807) is 12.1 Å². The maximum atomic E-state index is 14.4. The van der Waals surface area contributed by atoms with Crippen LogP contribution in [0.15, 0.2) is 54.4 Å². The largest absolute Gasteiger partial charge is 0.396 e. The number of nitrogens with two attached hydrogens (primary N) is 2. The number of halogens is 2. The van der Waals surface area contributed by atoms with Crippen LogP contribution in [0.25, 0.3) is 5.70 Å². The van der Waals surface area contributed by atoms with E-state index in [2.05, 4.69) is 0 Å². The number of carbonyl (C=O) groups excluding carboxylic acids is 1. The average molecular weight is 301 g/mol. The minimum atomic E-state index is -1.01. The van der Waals surface area contributed by atoms with Crippen molar-refractivity contribution in [1.82, 2.24) is 0 Å². The number of benzene rings is 2. The Hall–Kier alpha value is -3.02. The van der Waals surface area contributed by atoms with Gasteiger partial charge in [0.2, 0.25) is 5.91 Å². The van der Waals surface area contributed by atoms with Gasteiger partial charge >= 0.3 is 0 Å². The highest BCUT2D eigenvalue weighted by molar-refractivity contribution is 6.17. The molecule has 0 spiro atoms. The average Bonchev–Trinajstić information content (AvgIpc) is 2.53. The number of primary amides is 1. The summed E-state index contributed by atoms with van der Waals surface area (Å²) in [6.07, 6.45) is 0. The molecule has 0 aliphatic rings. The minimum absolute atomic E-state index is 0.0227. The molecule has 0 bridgehead atoms. The Morgan fingerprint density at radius 2 is 1.50 bits per heavy atom. The van der Waals surface area contributed by atoms with E-state index >= 15 is 0 Å². The van der Waals surface area contributed by atoms with Crippen LogP contribution in [-0.4, -0.2) is 11.6 Å². The molecule has 22 heavy (non-hydrogen) atoms.